The maximum absolute atomic E-state index is 12.2. The summed E-state index contributed by atoms with van der Waals surface area (Å²) >= 11 is 0. The summed E-state index contributed by atoms with van der Waals surface area (Å²) in [6.45, 7) is 6.21. The van der Waals surface area contributed by atoms with E-state index in [0.29, 0.717) is 13.0 Å². The van der Waals surface area contributed by atoms with Crippen molar-refractivity contribution in [2.45, 2.75) is 33.7 Å². The van der Waals surface area contributed by atoms with Crippen LogP contribution in [0, 0.1) is 11.8 Å². The van der Waals surface area contributed by atoms with Crippen LogP contribution in [-0.4, -0.2) is 33.4 Å². The van der Waals surface area contributed by atoms with Crippen molar-refractivity contribution in [3.05, 3.63) is 30.1 Å². The van der Waals surface area contributed by atoms with Crippen LogP contribution in [0.3, 0.4) is 0 Å². The summed E-state index contributed by atoms with van der Waals surface area (Å²) < 4.78 is 0. The van der Waals surface area contributed by atoms with Crippen molar-refractivity contribution in [2.75, 3.05) is 6.54 Å². The number of pyridine rings is 1. The second kappa shape index (κ2) is 7.62. The number of nitrogens with zero attached hydrogens (tertiary/aromatic N) is 2. The van der Waals surface area contributed by atoms with E-state index >= 15 is 0 Å². The molecule has 1 atom stereocenters. The molecule has 5 heteroatoms. The number of aliphatic carboxylic acids is 1. The van der Waals surface area contributed by atoms with Crippen molar-refractivity contribution >= 4 is 11.9 Å². The Morgan fingerprint density at radius 3 is 2.35 bits per heavy atom. The van der Waals surface area contributed by atoms with Gasteiger partial charge in [-0.25, -0.2) is 0 Å². The van der Waals surface area contributed by atoms with Crippen molar-refractivity contribution < 1.29 is 14.7 Å². The van der Waals surface area contributed by atoms with Crippen molar-refractivity contribution in [1.29, 1.82) is 0 Å². The molecule has 5 nitrogen and oxygen atoms in total. The Hall–Kier alpha value is -1.91. The largest absolute Gasteiger partial charge is 0.481 e. The van der Waals surface area contributed by atoms with Crippen LogP contribution in [0.1, 0.15) is 32.8 Å². The SMILES string of the molecule is CC(C)CC(=O)N(Cc1ccncc1)CC(C)C(=O)O. The van der Waals surface area contributed by atoms with Gasteiger partial charge in [0.25, 0.3) is 0 Å². The molecule has 0 saturated carbocycles. The molecule has 0 saturated heterocycles. The Bertz CT molecular complexity index is 446. The molecule has 0 bridgehead atoms. The Labute approximate surface area is 119 Å². The number of hydrogen-bond donors (Lipinski definition) is 1. The van der Waals surface area contributed by atoms with E-state index in [9.17, 15) is 9.59 Å². The first-order valence-corrected chi connectivity index (χ1v) is 6.79. The van der Waals surface area contributed by atoms with E-state index in [1.807, 2.05) is 26.0 Å². The fraction of sp³-hybridized carbons (Fsp3) is 0.533. The molecule has 0 aliphatic rings. The molecule has 1 rings (SSSR count). The van der Waals surface area contributed by atoms with Gasteiger partial charge < -0.3 is 10.0 Å². The number of carbonyl (C=O) groups is 2. The Kier molecular flexibility index (Phi) is 6.15. The molecule has 0 radical (unpaired) electrons. The van der Waals surface area contributed by atoms with Crippen LogP contribution < -0.4 is 0 Å². The zero-order valence-electron chi connectivity index (χ0n) is 12.2. The van der Waals surface area contributed by atoms with Gasteiger partial charge in [-0.2, -0.15) is 0 Å². The predicted octanol–water partition coefficient (Wildman–Crippen LogP) is 2.18. The lowest BCUT2D eigenvalue weighted by Crippen LogP contribution is -2.37. The Balaban J connectivity index is 2.78. The van der Waals surface area contributed by atoms with Gasteiger partial charge in [-0.05, 0) is 23.6 Å². The van der Waals surface area contributed by atoms with Crippen molar-refractivity contribution in [3.63, 3.8) is 0 Å². The van der Waals surface area contributed by atoms with Gasteiger partial charge in [0.05, 0.1) is 5.92 Å². The normalized spacial score (nSPS) is 12.2. The smallest absolute Gasteiger partial charge is 0.308 e. The standard InChI is InChI=1S/C15H22N2O3/c1-11(2)8-14(18)17(9-12(3)15(19)20)10-13-4-6-16-7-5-13/h4-7,11-12H,8-10H2,1-3H3,(H,19,20). The number of rotatable bonds is 7. The van der Waals surface area contributed by atoms with Crippen LogP contribution in [0.2, 0.25) is 0 Å². The second-order valence-corrected chi connectivity index (χ2v) is 5.47. The third kappa shape index (κ3) is 5.38. The number of aromatic nitrogens is 1. The molecule has 1 heterocycles. The van der Waals surface area contributed by atoms with Crippen molar-refractivity contribution in [1.82, 2.24) is 9.88 Å². The lowest BCUT2D eigenvalue weighted by Gasteiger charge is -2.25. The van der Waals surface area contributed by atoms with Crippen LogP contribution in [0.5, 0.6) is 0 Å². The topological polar surface area (TPSA) is 70.5 Å². The first-order valence-electron chi connectivity index (χ1n) is 6.79. The van der Waals surface area contributed by atoms with Gasteiger partial charge >= 0.3 is 5.97 Å². The van der Waals surface area contributed by atoms with Crippen molar-refractivity contribution in [3.8, 4) is 0 Å². The molecular weight excluding hydrogens is 256 g/mol. The predicted molar refractivity (Wildman–Crippen MR) is 75.9 cm³/mol. The minimum atomic E-state index is -0.887. The molecule has 1 aromatic rings. The molecule has 1 amide bonds. The van der Waals surface area contributed by atoms with Crippen molar-refractivity contribution in [2.24, 2.45) is 11.8 Å². The number of carbonyl (C=O) groups excluding carboxylic acids is 1. The van der Waals surface area contributed by atoms with Crippen LogP contribution in [-0.2, 0) is 16.1 Å². The maximum Gasteiger partial charge on any atom is 0.308 e. The summed E-state index contributed by atoms with van der Waals surface area (Å²) in [5, 5.41) is 9.01. The minimum Gasteiger partial charge on any atom is -0.481 e. The lowest BCUT2D eigenvalue weighted by atomic mass is 10.1. The summed E-state index contributed by atoms with van der Waals surface area (Å²) in [7, 11) is 0. The zero-order chi connectivity index (χ0) is 15.1. The van der Waals surface area contributed by atoms with Crippen LogP contribution in [0.15, 0.2) is 24.5 Å². The van der Waals surface area contributed by atoms with Gasteiger partial charge in [-0.15, -0.1) is 0 Å². The van der Waals surface area contributed by atoms with E-state index < -0.39 is 11.9 Å². The van der Waals surface area contributed by atoms with E-state index in [1.165, 1.54) is 0 Å². The summed E-state index contributed by atoms with van der Waals surface area (Å²) in [6.07, 6.45) is 3.76. The molecule has 0 spiro atoms. The number of amides is 1. The first kappa shape index (κ1) is 16.1. The van der Waals surface area contributed by atoms with Crippen LogP contribution >= 0.6 is 0 Å². The highest BCUT2D eigenvalue weighted by atomic mass is 16.4. The van der Waals surface area contributed by atoms with E-state index in [0.717, 1.165) is 5.56 Å². The monoisotopic (exact) mass is 278 g/mol. The Morgan fingerprint density at radius 2 is 1.85 bits per heavy atom. The highest BCUT2D eigenvalue weighted by Gasteiger charge is 2.21. The van der Waals surface area contributed by atoms with Gasteiger partial charge in [-0.3, -0.25) is 14.6 Å². The van der Waals surface area contributed by atoms with E-state index in [-0.39, 0.29) is 18.4 Å². The highest BCUT2D eigenvalue weighted by Crippen LogP contribution is 2.12. The minimum absolute atomic E-state index is 0.00934. The highest BCUT2D eigenvalue weighted by molar-refractivity contribution is 5.77. The Morgan fingerprint density at radius 1 is 1.25 bits per heavy atom. The summed E-state index contributed by atoms with van der Waals surface area (Å²) in [6, 6.07) is 3.67. The molecule has 20 heavy (non-hydrogen) atoms. The second-order valence-electron chi connectivity index (χ2n) is 5.47. The van der Waals surface area contributed by atoms with E-state index in [4.69, 9.17) is 5.11 Å². The van der Waals surface area contributed by atoms with Crippen LogP contribution in [0.25, 0.3) is 0 Å². The van der Waals surface area contributed by atoms with Gasteiger partial charge in [0.2, 0.25) is 5.91 Å². The summed E-state index contributed by atoms with van der Waals surface area (Å²) in [4.78, 5) is 28.8. The molecular formula is C15H22N2O3. The van der Waals surface area contributed by atoms with Crippen LogP contribution in [0.4, 0.5) is 0 Å². The molecule has 110 valence electrons. The molecule has 1 unspecified atom stereocenters. The molecule has 0 aliphatic carbocycles. The van der Waals surface area contributed by atoms with Gasteiger partial charge in [0, 0.05) is 31.9 Å². The molecule has 0 aliphatic heterocycles. The van der Waals surface area contributed by atoms with Gasteiger partial charge in [0.15, 0.2) is 0 Å². The van der Waals surface area contributed by atoms with E-state index in [1.54, 1.807) is 24.2 Å². The molecule has 1 N–H and O–H groups in total. The van der Waals surface area contributed by atoms with Gasteiger partial charge in [-0.1, -0.05) is 20.8 Å². The first-order chi connectivity index (χ1) is 9.40. The zero-order valence-corrected chi connectivity index (χ0v) is 12.2. The maximum atomic E-state index is 12.2. The molecule has 0 aromatic carbocycles. The fourth-order valence-electron chi connectivity index (χ4n) is 1.85. The average molecular weight is 278 g/mol. The molecule has 0 fully saturated rings. The lowest BCUT2D eigenvalue weighted by molar-refractivity contribution is -0.143. The summed E-state index contributed by atoms with van der Waals surface area (Å²) in [5.41, 5.74) is 0.953. The summed E-state index contributed by atoms with van der Waals surface area (Å²) in [5.74, 6) is -1.22. The average Bonchev–Trinajstić information content (AvgIpc) is 2.38. The number of hydrogen-bond acceptors (Lipinski definition) is 3. The quantitative estimate of drug-likeness (QED) is 0.830. The third-order valence-corrected chi connectivity index (χ3v) is 2.97. The molecule has 1 aromatic heterocycles. The van der Waals surface area contributed by atoms with E-state index in [2.05, 4.69) is 4.98 Å². The number of carboxylic acids is 1. The fourth-order valence-corrected chi connectivity index (χ4v) is 1.85. The number of carboxylic acid groups (broad SMARTS) is 1. The van der Waals surface area contributed by atoms with Gasteiger partial charge in [0.1, 0.15) is 0 Å². The third-order valence-electron chi connectivity index (χ3n) is 2.97.